The maximum absolute atomic E-state index is 14.6. The molecule has 76 heavy (non-hydrogen) atoms. The molecule has 1 aromatic heterocycles. The van der Waals surface area contributed by atoms with Gasteiger partial charge in [-0.15, -0.1) is 0 Å². The third-order valence-corrected chi connectivity index (χ3v) is 16.7. The molecule has 432 valence electrons. The number of aliphatic hydroxyl groups is 4. The maximum atomic E-state index is 14.6. The van der Waals surface area contributed by atoms with Gasteiger partial charge in [0.1, 0.15) is 42.3 Å². The zero-order chi connectivity index (χ0) is 56.2. The number of methoxy groups -OCH3 is 1. The molecule has 0 spiro atoms. The average Bonchev–Trinajstić information content (AvgIpc) is 3.35. The second-order valence-corrected chi connectivity index (χ2v) is 23.4. The Balaban J connectivity index is 1.16. The van der Waals surface area contributed by atoms with E-state index in [1.807, 2.05) is 71.6 Å². The van der Waals surface area contributed by atoms with Crippen molar-refractivity contribution in [3.8, 4) is 0 Å². The van der Waals surface area contributed by atoms with Crippen molar-refractivity contribution in [2.75, 3.05) is 54.6 Å². The predicted molar refractivity (Wildman–Crippen MR) is 282 cm³/mol. The Morgan fingerprint density at radius 3 is 2.29 bits per heavy atom. The molecule has 0 saturated carbocycles. The van der Waals surface area contributed by atoms with Crippen LogP contribution in [0.5, 0.6) is 0 Å². The van der Waals surface area contributed by atoms with Crippen LogP contribution in [0.3, 0.4) is 0 Å². The molecule has 5 N–H and O–H groups in total. The number of carboxylic acid groups (broad SMARTS) is 1. The summed E-state index contributed by atoms with van der Waals surface area (Å²) in [5, 5.41) is 58.1. The lowest BCUT2D eigenvalue weighted by molar-refractivity contribution is -0.320. The number of cyclic esters (lactones) is 1. The van der Waals surface area contributed by atoms with Crippen molar-refractivity contribution >= 4 is 22.8 Å². The molecule has 5 heterocycles. The third-order valence-electron chi connectivity index (χ3n) is 16.7. The summed E-state index contributed by atoms with van der Waals surface area (Å²) < 4.78 is 58.9. The van der Waals surface area contributed by atoms with Crippen molar-refractivity contribution in [1.82, 2.24) is 14.4 Å². The number of likely N-dealkylation sites (N-methyl/N-ethyl adjacent to an activating group) is 2. The van der Waals surface area contributed by atoms with Crippen LogP contribution in [-0.2, 0) is 67.2 Å². The standard InChI is InChI=1S/C56H91N3O17/c1-15-42-56(10,67)48(62)35(6)58(13)27-31(2)25-54(8,66)49(76-53-46(61)41(57(11)12)22-32(3)72-53)33(4)47(34(5)52(65)74-42)75-43-26-55(9,68-14)50(36(7)73-43)71-21-17-20-69-19-16-18-37-23-38-29-70-30-59-28-40(51(63)64)45(60)39(24-37)44(38)59/h23-24,28,31-36,41-43,46-50,53,61-62,66-67H,15-22,25-27,29-30H2,1-14H3,(H,63,64)/t31-,32-,33+,34-,35-,36+,41+,42-,43+,46-,47+,48-,49-,50+,53+,54-,55-,56-/m1/s1. The van der Waals surface area contributed by atoms with Gasteiger partial charge in [-0.1, -0.05) is 26.8 Å². The van der Waals surface area contributed by atoms with E-state index in [0.29, 0.717) is 69.6 Å². The van der Waals surface area contributed by atoms with Gasteiger partial charge in [-0.3, -0.25) is 9.59 Å². The van der Waals surface area contributed by atoms with Gasteiger partial charge in [-0.05, 0) is 126 Å². The molecule has 0 radical (unpaired) electrons. The molecule has 0 unspecified atom stereocenters. The average molecular weight is 1080 g/mol. The number of esters is 1. The predicted octanol–water partition coefficient (Wildman–Crippen LogP) is 4.47. The third kappa shape index (κ3) is 14.0. The van der Waals surface area contributed by atoms with Gasteiger partial charge in [0.25, 0.3) is 0 Å². The van der Waals surface area contributed by atoms with Gasteiger partial charge in [0, 0.05) is 75.0 Å². The number of carbonyl (C=O) groups is 2. The van der Waals surface area contributed by atoms with Gasteiger partial charge in [-0.2, -0.15) is 0 Å². The Labute approximate surface area is 449 Å². The van der Waals surface area contributed by atoms with Crippen LogP contribution in [0, 0.1) is 17.8 Å². The topological polar surface area (TPSA) is 247 Å². The fraction of sp³-hybridized carbons (Fsp3) is 0.804. The number of benzene rings is 1. The van der Waals surface area contributed by atoms with Gasteiger partial charge >= 0.3 is 11.9 Å². The Morgan fingerprint density at radius 1 is 0.934 bits per heavy atom. The van der Waals surface area contributed by atoms with Crippen molar-refractivity contribution < 1.29 is 77.8 Å². The summed E-state index contributed by atoms with van der Waals surface area (Å²) in [6.45, 7) is 20.1. The summed E-state index contributed by atoms with van der Waals surface area (Å²) in [5.41, 5.74) is -2.74. The lowest BCUT2D eigenvalue weighted by atomic mass is 9.77. The highest BCUT2D eigenvalue weighted by Crippen LogP contribution is 2.41. The molecule has 6 rings (SSSR count). The molecule has 4 aliphatic rings. The number of pyridine rings is 1. The van der Waals surface area contributed by atoms with Crippen LogP contribution in [0.2, 0.25) is 0 Å². The molecule has 2 aromatic rings. The van der Waals surface area contributed by atoms with Crippen LogP contribution >= 0.6 is 0 Å². The van der Waals surface area contributed by atoms with E-state index >= 15 is 0 Å². The fourth-order valence-corrected chi connectivity index (χ4v) is 12.3. The molecule has 0 bridgehead atoms. The van der Waals surface area contributed by atoms with Crippen LogP contribution < -0.4 is 5.43 Å². The van der Waals surface area contributed by atoms with E-state index in [-0.39, 0.29) is 49.6 Å². The summed E-state index contributed by atoms with van der Waals surface area (Å²) in [6, 6.07) is 2.90. The molecule has 20 heteroatoms. The quantitative estimate of drug-likeness (QED) is 0.108. The van der Waals surface area contributed by atoms with Gasteiger partial charge in [0.05, 0.1) is 53.7 Å². The van der Waals surface area contributed by atoms with Crippen LogP contribution in [-0.4, -0.2) is 197 Å². The lowest BCUT2D eigenvalue weighted by Gasteiger charge is -2.49. The highest BCUT2D eigenvalue weighted by Gasteiger charge is 2.53. The lowest BCUT2D eigenvalue weighted by Crippen LogP contribution is -2.61. The van der Waals surface area contributed by atoms with Crippen molar-refractivity contribution in [2.24, 2.45) is 17.8 Å². The van der Waals surface area contributed by atoms with Crippen molar-refractivity contribution in [2.45, 2.75) is 218 Å². The van der Waals surface area contributed by atoms with Crippen LogP contribution in [0.15, 0.2) is 23.1 Å². The van der Waals surface area contributed by atoms with Crippen molar-refractivity contribution in [3.05, 3.63) is 45.2 Å². The summed E-state index contributed by atoms with van der Waals surface area (Å²) in [4.78, 5) is 43.3. The summed E-state index contributed by atoms with van der Waals surface area (Å²) in [7, 11) is 7.21. The van der Waals surface area contributed by atoms with Crippen LogP contribution in [0.1, 0.15) is 129 Å². The largest absolute Gasteiger partial charge is 0.477 e. The van der Waals surface area contributed by atoms with Crippen molar-refractivity contribution in [3.63, 3.8) is 0 Å². The number of aromatic nitrogens is 1. The van der Waals surface area contributed by atoms with Crippen LogP contribution in [0.25, 0.3) is 10.9 Å². The molecule has 0 aliphatic carbocycles. The zero-order valence-corrected chi connectivity index (χ0v) is 47.6. The summed E-state index contributed by atoms with van der Waals surface area (Å²) in [5.74, 6) is -3.99. The number of carboxylic acids is 1. The number of carbonyl (C=O) groups excluding carboxylic acids is 1. The Morgan fingerprint density at radius 2 is 1.63 bits per heavy atom. The SMILES string of the molecule is CC[C@H]1OC(=O)[C@H](C)[C@@H](O[C@H]2C[C@@](C)(OC)[C@@H](OCCCOCCCc3cc4c5c(c3)c(=O)c(C(=O)O)cn5COC4)[C@H](C)O2)[C@H](C)[C@@H](O[C@@H]2O[C@H](C)C[C@H](N(C)C)[C@H]2O)[C@](C)(O)C[C@@H](C)CN(C)[C@H](C)[C@@H](O)[C@]1(C)O. The number of aliphatic hydroxyl groups excluding tert-OH is 2. The number of aryl methyl sites for hydroxylation is 1. The summed E-state index contributed by atoms with van der Waals surface area (Å²) >= 11 is 0. The van der Waals surface area contributed by atoms with E-state index in [2.05, 4.69) is 0 Å². The minimum atomic E-state index is -1.84. The normalized spacial score (nSPS) is 38.4. The van der Waals surface area contributed by atoms with Gasteiger partial charge < -0.3 is 82.5 Å². The van der Waals surface area contributed by atoms with Gasteiger partial charge in [0.2, 0.25) is 5.43 Å². The number of rotatable bonds is 17. The summed E-state index contributed by atoms with van der Waals surface area (Å²) in [6.07, 6.45) is -4.77. The molecule has 3 fully saturated rings. The van der Waals surface area contributed by atoms with Crippen LogP contribution in [0.4, 0.5) is 0 Å². The Hall–Kier alpha value is -3.19. The first-order chi connectivity index (χ1) is 35.6. The van der Waals surface area contributed by atoms with E-state index in [1.54, 1.807) is 45.4 Å². The molecule has 3 saturated heterocycles. The molecule has 4 aliphatic heterocycles. The molecule has 20 nitrogen and oxygen atoms in total. The second kappa shape index (κ2) is 25.9. The highest BCUT2D eigenvalue weighted by molar-refractivity contribution is 5.93. The Kier molecular flexibility index (Phi) is 21.2. The van der Waals surface area contributed by atoms with E-state index in [9.17, 15) is 39.9 Å². The number of nitrogens with zero attached hydrogens (tertiary/aromatic N) is 3. The van der Waals surface area contributed by atoms with E-state index in [1.165, 1.54) is 13.1 Å². The maximum Gasteiger partial charge on any atom is 0.341 e. The molecule has 18 atom stereocenters. The molecule has 1 aromatic carbocycles. The highest BCUT2D eigenvalue weighted by atomic mass is 16.7. The van der Waals surface area contributed by atoms with Gasteiger partial charge in [0.15, 0.2) is 12.6 Å². The first-order valence-corrected chi connectivity index (χ1v) is 27.4. The molecule has 0 amide bonds. The first kappa shape index (κ1) is 62.0. The van der Waals surface area contributed by atoms with Crippen molar-refractivity contribution in [1.29, 1.82) is 0 Å². The number of hydrogen-bond donors (Lipinski definition) is 5. The number of ether oxygens (including phenoxy) is 9. The molecular formula is C56H91N3O17. The van der Waals surface area contributed by atoms with E-state index < -0.39 is 107 Å². The number of hydrogen-bond acceptors (Lipinski definition) is 18. The smallest absolute Gasteiger partial charge is 0.341 e. The minimum absolute atomic E-state index is 0.175. The zero-order valence-electron chi connectivity index (χ0n) is 47.6. The van der Waals surface area contributed by atoms with Gasteiger partial charge in [-0.25, -0.2) is 4.79 Å². The molecular weight excluding hydrogens is 987 g/mol. The minimum Gasteiger partial charge on any atom is -0.477 e. The van der Waals surface area contributed by atoms with E-state index in [4.69, 9.17) is 42.6 Å². The van der Waals surface area contributed by atoms with E-state index in [0.717, 1.165) is 11.1 Å². The number of aromatic carboxylic acids is 1. The monoisotopic (exact) mass is 1080 g/mol. The Bertz CT molecular complexity index is 2310. The second-order valence-electron chi connectivity index (χ2n) is 23.4. The fourth-order valence-electron chi connectivity index (χ4n) is 12.3. The first-order valence-electron chi connectivity index (χ1n) is 27.4.